The highest BCUT2D eigenvalue weighted by molar-refractivity contribution is 7.99. The number of hydrogen-bond acceptors (Lipinski definition) is 8. The normalized spacial score (nSPS) is 12.6. The third-order valence-corrected chi connectivity index (χ3v) is 4.72. The van der Waals surface area contributed by atoms with Crippen LogP contribution in [0.15, 0.2) is 29.7 Å². The molecular formula is C16H20N4O7S. The van der Waals surface area contributed by atoms with Crippen molar-refractivity contribution < 1.29 is 29.5 Å². The van der Waals surface area contributed by atoms with Crippen LogP contribution in [0.1, 0.15) is 18.4 Å². The van der Waals surface area contributed by atoms with Gasteiger partial charge in [0.05, 0.1) is 9.82 Å². The molecule has 1 aromatic rings. The van der Waals surface area contributed by atoms with Gasteiger partial charge in [0.15, 0.2) is 0 Å². The molecule has 11 nitrogen and oxygen atoms in total. The maximum Gasteiger partial charge on any atom is 0.327 e. The fourth-order valence-electron chi connectivity index (χ4n) is 2.01. The number of nitrogens with zero attached hydrogens (tertiary/aromatic N) is 1. The van der Waals surface area contributed by atoms with Gasteiger partial charge in [-0.2, -0.15) is 0 Å². The van der Waals surface area contributed by atoms with Gasteiger partial charge in [-0.1, -0.05) is 12.6 Å². The quantitative estimate of drug-likeness (QED) is 0.192. The first-order chi connectivity index (χ1) is 13.0. The molecule has 2 atom stereocenters. The second kappa shape index (κ2) is 10.3. The number of nitro groups is 1. The Labute approximate surface area is 163 Å². The molecule has 1 amide bonds. The molecule has 0 heterocycles. The Morgan fingerprint density at radius 1 is 1.29 bits per heavy atom. The van der Waals surface area contributed by atoms with Crippen molar-refractivity contribution in [3.8, 4) is 0 Å². The van der Waals surface area contributed by atoms with Crippen LogP contribution in [0.25, 0.3) is 5.70 Å². The molecule has 0 radical (unpaired) electrons. The molecule has 0 aliphatic rings. The Morgan fingerprint density at radius 3 is 2.43 bits per heavy atom. The molecular weight excluding hydrogens is 392 g/mol. The number of nitrogens with one attached hydrogen (secondary N) is 1. The van der Waals surface area contributed by atoms with Crippen LogP contribution in [-0.2, 0) is 14.4 Å². The molecule has 28 heavy (non-hydrogen) atoms. The second-order valence-electron chi connectivity index (χ2n) is 5.72. The Hall–Kier alpha value is -3.12. The lowest BCUT2D eigenvalue weighted by Gasteiger charge is -2.15. The van der Waals surface area contributed by atoms with Gasteiger partial charge >= 0.3 is 11.9 Å². The van der Waals surface area contributed by atoms with Crippen LogP contribution < -0.4 is 16.8 Å². The standard InChI is InChI=1S/C16H20N4O7S/c1-8(17)9-2-4-13(12(6-9)20(26)27)28-7-11(16(24)25)19-14(21)5-3-10(18)15(22)23/h2,4,6,10-11H,1,3,5,7,17-18H2,(H,19,21)(H,22,23)(H,24,25). The van der Waals surface area contributed by atoms with Crippen molar-refractivity contribution in [3.63, 3.8) is 0 Å². The van der Waals surface area contributed by atoms with Gasteiger partial charge in [-0.3, -0.25) is 19.7 Å². The number of hydrogen-bond donors (Lipinski definition) is 5. The average Bonchev–Trinajstić information content (AvgIpc) is 2.62. The van der Waals surface area contributed by atoms with Crippen LogP contribution in [-0.4, -0.2) is 50.8 Å². The lowest BCUT2D eigenvalue weighted by Crippen LogP contribution is -2.43. The molecule has 0 spiro atoms. The SMILES string of the molecule is C=C(N)c1ccc(SCC(NC(=O)CCC(N)C(=O)O)C(=O)O)c([N+](=O)[O-])c1. The van der Waals surface area contributed by atoms with Gasteiger partial charge in [-0.05, 0) is 12.5 Å². The van der Waals surface area contributed by atoms with Crippen molar-refractivity contribution in [1.82, 2.24) is 5.32 Å². The molecule has 0 aromatic heterocycles. The monoisotopic (exact) mass is 412 g/mol. The van der Waals surface area contributed by atoms with Gasteiger partial charge in [0, 0.05) is 29.5 Å². The van der Waals surface area contributed by atoms with E-state index in [0.717, 1.165) is 11.8 Å². The van der Waals surface area contributed by atoms with Gasteiger partial charge in [0.1, 0.15) is 12.1 Å². The molecule has 0 saturated carbocycles. The van der Waals surface area contributed by atoms with E-state index >= 15 is 0 Å². The number of carbonyl (C=O) groups is 3. The summed E-state index contributed by atoms with van der Waals surface area (Å²) < 4.78 is 0. The molecule has 12 heteroatoms. The summed E-state index contributed by atoms with van der Waals surface area (Å²) in [6, 6.07) is 1.60. The first kappa shape index (κ1) is 22.9. The predicted octanol–water partition coefficient (Wildman–Crippen LogP) is 0.378. The van der Waals surface area contributed by atoms with E-state index in [1.807, 2.05) is 0 Å². The Bertz CT molecular complexity index is 799. The summed E-state index contributed by atoms with van der Waals surface area (Å²) in [7, 11) is 0. The molecule has 152 valence electrons. The number of carboxylic acid groups (broad SMARTS) is 2. The molecule has 7 N–H and O–H groups in total. The highest BCUT2D eigenvalue weighted by atomic mass is 32.2. The van der Waals surface area contributed by atoms with Crippen molar-refractivity contribution in [2.24, 2.45) is 11.5 Å². The number of benzene rings is 1. The van der Waals surface area contributed by atoms with Crippen LogP contribution in [0.5, 0.6) is 0 Å². The van der Waals surface area contributed by atoms with Gasteiger partial charge in [0.2, 0.25) is 5.91 Å². The van der Waals surface area contributed by atoms with Crippen LogP contribution in [0.3, 0.4) is 0 Å². The summed E-state index contributed by atoms with van der Waals surface area (Å²) in [6.45, 7) is 3.50. The number of aliphatic carboxylic acids is 2. The second-order valence-corrected chi connectivity index (χ2v) is 6.78. The number of carbonyl (C=O) groups excluding carboxylic acids is 1. The minimum absolute atomic E-state index is 0.148. The summed E-state index contributed by atoms with van der Waals surface area (Å²) in [5.74, 6) is -3.48. The smallest absolute Gasteiger partial charge is 0.327 e. The Kier molecular flexibility index (Phi) is 8.41. The number of amides is 1. The number of nitro benzene ring substituents is 1. The van der Waals surface area contributed by atoms with E-state index in [1.165, 1.54) is 18.2 Å². The third kappa shape index (κ3) is 6.89. The third-order valence-electron chi connectivity index (χ3n) is 3.56. The summed E-state index contributed by atoms with van der Waals surface area (Å²) in [6.07, 6.45) is -0.425. The highest BCUT2D eigenvalue weighted by Gasteiger charge is 2.24. The predicted molar refractivity (Wildman–Crippen MR) is 101 cm³/mol. The molecule has 0 fully saturated rings. The van der Waals surface area contributed by atoms with Crippen molar-refractivity contribution in [2.75, 3.05) is 5.75 Å². The lowest BCUT2D eigenvalue weighted by molar-refractivity contribution is -0.387. The fraction of sp³-hybridized carbons (Fsp3) is 0.312. The van der Waals surface area contributed by atoms with Gasteiger partial charge in [-0.25, -0.2) is 4.79 Å². The van der Waals surface area contributed by atoms with Gasteiger partial charge in [0.25, 0.3) is 5.69 Å². The zero-order chi connectivity index (χ0) is 21.4. The van der Waals surface area contributed by atoms with Crippen molar-refractivity contribution in [3.05, 3.63) is 40.5 Å². The van der Waals surface area contributed by atoms with E-state index in [2.05, 4.69) is 11.9 Å². The molecule has 1 rings (SSSR count). The van der Waals surface area contributed by atoms with E-state index in [4.69, 9.17) is 16.6 Å². The van der Waals surface area contributed by atoms with Crippen molar-refractivity contribution in [1.29, 1.82) is 0 Å². The summed E-state index contributed by atoms with van der Waals surface area (Å²) in [4.78, 5) is 44.6. The van der Waals surface area contributed by atoms with Crippen LogP contribution in [0, 0.1) is 10.1 Å². The lowest BCUT2D eigenvalue weighted by atomic mass is 10.1. The van der Waals surface area contributed by atoms with Gasteiger partial charge < -0.3 is 27.0 Å². The van der Waals surface area contributed by atoms with E-state index in [1.54, 1.807) is 0 Å². The van der Waals surface area contributed by atoms with Gasteiger partial charge in [-0.15, -0.1) is 11.8 Å². The number of carboxylic acids is 2. The molecule has 0 saturated heterocycles. The zero-order valence-electron chi connectivity index (χ0n) is 14.7. The molecule has 0 bridgehead atoms. The average molecular weight is 412 g/mol. The largest absolute Gasteiger partial charge is 0.480 e. The van der Waals surface area contributed by atoms with Crippen molar-refractivity contribution >= 4 is 41.0 Å². The minimum atomic E-state index is -1.34. The van der Waals surface area contributed by atoms with Crippen LogP contribution in [0.2, 0.25) is 0 Å². The summed E-state index contributed by atoms with van der Waals surface area (Å²) >= 11 is 0.877. The Balaban J connectivity index is 2.79. The highest BCUT2D eigenvalue weighted by Crippen LogP contribution is 2.31. The maximum atomic E-state index is 11.8. The maximum absolute atomic E-state index is 11.8. The van der Waals surface area contributed by atoms with E-state index < -0.39 is 34.9 Å². The molecule has 0 aliphatic heterocycles. The topological polar surface area (TPSA) is 199 Å². The van der Waals surface area contributed by atoms with Crippen LogP contribution in [0.4, 0.5) is 5.69 Å². The molecule has 1 aromatic carbocycles. The zero-order valence-corrected chi connectivity index (χ0v) is 15.5. The minimum Gasteiger partial charge on any atom is -0.480 e. The van der Waals surface area contributed by atoms with E-state index in [0.29, 0.717) is 5.56 Å². The molecule has 0 aliphatic carbocycles. The summed E-state index contributed by atoms with van der Waals surface area (Å²) in [5.41, 5.74) is 11.1. The van der Waals surface area contributed by atoms with Crippen LogP contribution >= 0.6 is 11.8 Å². The Morgan fingerprint density at radius 2 is 1.93 bits per heavy atom. The fourth-order valence-corrected chi connectivity index (χ4v) is 3.02. The number of nitrogens with two attached hydrogens (primary N) is 2. The summed E-state index contributed by atoms with van der Waals surface area (Å²) in [5, 5.41) is 31.4. The molecule has 2 unspecified atom stereocenters. The van der Waals surface area contributed by atoms with E-state index in [9.17, 15) is 29.6 Å². The number of rotatable bonds is 11. The van der Waals surface area contributed by atoms with Crippen molar-refractivity contribution in [2.45, 2.75) is 29.8 Å². The first-order valence-corrected chi connectivity index (χ1v) is 8.88. The van der Waals surface area contributed by atoms with E-state index in [-0.39, 0.29) is 34.9 Å². The number of thioether (sulfide) groups is 1. The first-order valence-electron chi connectivity index (χ1n) is 7.89.